The van der Waals surface area contributed by atoms with Gasteiger partial charge < -0.3 is 10.2 Å². The van der Waals surface area contributed by atoms with Crippen molar-refractivity contribution in [2.45, 2.75) is 32.1 Å². The number of alkyl halides is 3. The Morgan fingerprint density at radius 3 is 2.50 bits per heavy atom. The molecule has 2 atom stereocenters. The molecule has 0 aromatic heterocycles. The molecule has 7 nitrogen and oxygen atoms in total. The average molecular weight is 344 g/mol. The van der Waals surface area contributed by atoms with Crippen LogP contribution in [0.15, 0.2) is 0 Å². The second-order valence-electron chi connectivity index (χ2n) is 5.78. The minimum atomic E-state index is -4.52. The molecule has 2 heterocycles. The summed E-state index contributed by atoms with van der Waals surface area (Å²) in [5.41, 5.74) is 0. The largest absolute Gasteiger partial charge is 0.408 e. The molecule has 11 heteroatoms. The molecule has 0 bridgehead atoms. The summed E-state index contributed by atoms with van der Waals surface area (Å²) in [6.07, 6.45) is -4.52. The van der Waals surface area contributed by atoms with E-state index >= 15 is 0 Å². The van der Waals surface area contributed by atoms with E-state index in [1.54, 1.807) is 0 Å². The third-order valence-electron chi connectivity index (χ3n) is 3.82. The molecule has 0 spiro atoms. The maximum absolute atomic E-state index is 12.9. The minimum Gasteiger partial charge on any atom is -0.326 e. The third-order valence-corrected chi connectivity index (χ3v) is 5.45. The van der Waals surface area contributed by atoms with Crippen LogP contribution in [0.1, 0.15) is 13.8 Å². The smallest absolute Gasteiger partial charge is 0.326 e. The van der Waals surface area contributed by atoms with E-state index in [0.717, 1.165) is 0 Å². The summed E-state index contributed by atoms with van der Waals surface area (Å²) in [6, 6.07) is -3.18. The Morgan fingerprint density at radius 1 is 1.32 bits per heavy atom. The molecule has 2 aliphatic heterocycles. The summed E-state index contributed by atoms with van der Waals surface area (Å²) < 4.78 is 65.5. The highest BCUT2D eigenvalue weighted by atomic mass is 32.2. The first-order chi connectivity index (χ1) is 10.0. The molecule has 0 radical (unpaired) electrons. The zero-order chi connectivity index (χ0) is 16.7. The number of nitrogens with one attached hydrogen (secondary N) is 2. The number of carbonyl (C=O) groups excluding carboxylic acids is 1. The van der Waals surface area contributed by atoms with Gasteiger partial charge in [-0.2, -0.15) is 25.9 Å². The number of urea groups is 1. The van der Waals surface area contributed by atoms with Gasteiger partial charge >= 0.3 is 12.2 Å². The summed E-state index contributed by atoms with van der Waals surface area (Å²) >= 11 is 0. The fourth-order valence-corrected chi connectivity index (χ4v) is 4.07. The minimum absolute atomic E-state index is 0.0614. The van der Waals surface area contributed by atoms with E-state index in [9.17, 15) is 26.4 Å². The first-order valence-corrected chi connectivity index (χ1v) is 8.35. The van der Waals surface area contributed by atoms with Crippen LogP contribution >= 0.6 is 0 Å². The molecule has 128 valence electrons. The molecule has 22 heavy (non-hydrogen) atoms. The lowest BCUT2D eigenvalue weighted by atomic mass is 10.0. The molecule has 2 rings (SSSR count). The van der Waals surface area contributed by atoms with Crippen LogP contribution in [0.4, 0.5) is 18.0 Å². The van der Waals surface area contributed by atoms with Gasteiger partial charge in [0.05, 0.1) is 6.04 Å². The molecule has 2 aliphatic rings. The quantitative estimate of drug-likeness (QED) is 0.746. The number of hydrogen-bond donors (Lipinski definition) is 2. The zero-order valence-corrected chi connectivity index (χ0v) is 13.0. The van der Waals surface area contributed by atoms with Gasteiger partial charge in [0.1, 0.15) is 6.04 Å². The van der Waals surface area contributed by atoms with Crippen LogP contribution in [0.5, 0.6) is 0 Å². The molecule has 0 aliphatic carbocycles. The van der Waals surface area contributed by atoms with Crippen molar-refractivity contribution in [3.05, 3.63) is 0 Å². The Kier molecular flexibility index (Phi) is 4.60. The summed E-state index contributed by atoms with van der Waals surface area (Å²) in [5, 5.41) is 2.00. The van der Waals surface area contributed by atoms with Crippen LogP contribution < -0.4 is 10.0 Å². The molecule has 2 amide bonds. The summed E-state index contributed by atoms with van der Waals surface area (Å²) in [4.78, 5) is 13.3. The number of hydrogen-bond acceptors (Lipinski definition) is 3. The van der Waals surface area contributed by atoms with Gasteiger partial charge in [-0.3, -0.25) is 0 Å². The van der Waals surface area contributed by atoms with E-state index in [1.165, 1.54) is 23.1 Å². The second kappa shape index (κ2) is 5.85. The van der Waals surface area contributed by atoms with Gasteiger partial charge in [-0.05, 0) is 5.92 Å². The molecule has 0 aromatic rings. The van der Waals surface area contributed by atoms with Gasteiger partial charge in [-0.25, -0.2) is 9.52 Å². The molecule has 0 saturated carbocycles. The van der Waals surface area contributed by atoms with E-state index < -0.39 is 40.4 Å². The Balaban J connectivity index is 2.00. The normalized spacial score (nSPS) is 26.8. The van der Waals surface area contributed by atoms with Gasteiger partial charge in [0.2, 0.25) is 0 Å². The number of piperazine rings is 1. The fraction of sp³-hybridized carbons (Fsp3) is 0.909. The predicted molar refractivity (Wildman–Crippen MR) is 72.2 cm³/mol. The highest BCUT2D eigenvalue weighted by Gasteiger charge is 2.45. The van der Waals surface area contributed by atoms with Crippen LogP contribution in [0.3, 0.4) is 0 Å². The summed E-state index contributed by atoms with van der Waals surface area (Å²) in [7, 11) is -3.51. The van der Waals surface area contributed by atoms with E-state index in [2.05, 4.69) is 4.72 Å². The van der Waals surface area contributed by atoms with Crippen LogP contribution in [-0.2, 0) is 10.2 Å². The molecule has 2 fully saturated rings. The average Bonchev–Trinajstić information content (AvgIpc) is 2.69. The molecular formula is C11H19F3N4O3S. The molecule has 2 N–H and O–H groups in total. The number of halogens is 3. The van der Waals surface area contributed by atoms with Gasteiger partial charge in [-0.1, -0.05) is 13.8 Å². The van der Waals surface area contributed by atoms with Crippen molar-refractivity contribution in [3.63, 3.8) is 0 Å². The van der Waals surface area contributed by atoms with Crippen molar-refractivity contribution in [1.29, 1.82) is 0 Å². The molecule has 0 aromatic carbocycles. The first kappa shape index (κ1) is 17.3. The number of nitrogens with zero attached hydrogens (tertiary/aromatic N) is 2. The van der Waals surface area contributed by atoms with Gasteiger partial charge in [0, 0.05) is 26.2 Å². The maximum Gasteiger partial charge on any atom is 0.408 e. The Hall–Kier alpha value is -1.07. The van der Waals surface area contributed by atoms with Crippen molar-refractivity contribution in [2.75, 3.05) is 26.2 Å². The Labute approximate surface area is 127 Å². The zero-order valence-electron chi connectivity index (χ0n) is 12.2. The molecular weight excluding hydrogens is 325 g/mol. The summed E-state index contributed by atoms with van der Waals surface area (Å²) in [6.45, 7) is 3.12. The van der Waals surface area contributed by atoms with Crippen molar-refractivity contribution in [2.24, 2.45) is 5.92 Å². The molecule has 2 saturated heterocycles. The van der Waals surface area contributed by atoms with Crippen LogP contribution in [0.2, 0.25) is 0 Å². The van der Waals surface area contributed by atoms with E-state index in [4.69, 9.17) is 0 Å². The first-order valence-electron chi connectivity index (χ1n) is 6.91. The number of amides is 2. The van der Waals surface area contributed by atoms with Crippen LogP contribution in [0.25, 0.3) is 0 Å². The van der Waals surface area contributed by atoms with E-state index in [-0.39, 0.29) is 26.2 Å². The SMILES string of the molecule is CC(C)[C@H](NC(=O)N1CCN2C(CNS2(=O)=O)C1)C(F)(F)F. The monoisotopic (exact) mass is 344 g/mol. The maximum atomic E-state index is 12.9. The lowest BCUT2D eigenvalue weighted by Crippen LogP contribution is -2.59. The Bertz CT molecular complexity index is 537. The van der Waals surface area contributed by atoms with E-state index in [0.29, 0.717) is 0 Å². The number of rotatable bonds is 2. The topological polar surface area (TPSA) is 81.8 Å². The van der Waals surface area contributed by atoms with Crippen molar-refractivity contribution >= 4 is 16.2 Å². The summed E-state index contributed by atoms with van der Waals surface area (Å²) in [5.74, 6) is -0.793. The van der Waals surface area contributed by atoms with Crippen molar-refractivity contribution < 1.29 is 26.4 Å². The highest BCUT2D eigenvalue weighted by molar-refractivity contribution is 7.87. The molecule has 1 unspecified atom stereocenters. The lowest BCUT2D eigenvalue weighted by molar-refractivity contribution is -0.162. The van der Waals surface area contributed by atoms with E-state index in [1.807, 2.05) is 5.32 Å². The lowest BCUT2D eigenvalue weighted by Gasteiger charge is -2.36. The standard InChI is InChI=1S/C11H19F3N4O3S/c1-7(2)9(11(12,13)14)16-10(19)17-3-4-18-8(6-17)5-15-22(18,20)21/h7-9,15H,3-6H2,1-2H3,(H,16,19)/t8?,9-/m0/s1. The predicted octanol–water partition coefficient (Wildman–Crippen LogP) is 0.117. The van der Waals surface area contributed by atoms with Gasteiger partial charge in [-0.15, -0.1) is 0 Å². The van der Waals surface area contributed by atoms with Crippen LogP contribution in [0, 0.1) is 5.92 Å². The van der Waals surface area contributed by atoms with Crippen molar-refractivity contribution in [3.8, 4) is 0 Å². The second-order valence-corrected chi connectivity index (χ2v) is 7.48. The Morgan fingerprint density at radius 2 is 1.95 bits per heavy atom. The van der Waals surface area contributed by atoms with Gasteiger partial charge in [0.15, 0.2) is 0 Å². The van der Waals surface area contributed by atoms with Gasteiger partial charge in [0.25, 0.3) is 10.2 Å². The van der Waals surface area contributed by atoms with Crippen molar-refractivity contribution in [1.82, 2.24) is 19.2 Å². The third kappa shape index (κ3) is 3.46. The highest BCUT2D eigenvalue weighted by Crippen LogP contribution is 2.26. The van der Waals surface area contributed by atoms with Crippen LogP contribution in [-0.4, -0.2) is 68.1 Å². The number of carbonyl (C=O) groups is 1. The fourth-order valence-electron chi connectivity index (χ4n) is 2.64. The number of fused-ring (bicyclic) bond motifs is 1.